The van der Waals surface area contributed by atoms with Crippen molar-refractivity contribution in [1.29, 1.82) is 0 Å². The van der Waals surface area contributed by atoms with Crippen LogP contribution in [0.5, 0.6) is 5.75 Å². The Labute approximate surface area is 209 Å². The lowest BCUT2D eigenvalue weighted by Gasteiger charge is -2.29. The highest BCUT2D eigenvalue weighted by Gasteiger charge is 2.37. The van der Waals surface area contributed by atoms with E-state index in [4.69, 9.17) is 9.47 Å². The molecule has 0 aliphatic rings. The largest absolute Gasteiger partial charge is 0.505 e. The average Bonchev–Trinajstić information content (AvgIpc) is 2.79. The third kappa shape index (κ3) is 8.84. The zero-order chi connectivity index (χ0) is 27.6. The number of amides is 2. The topological polar surface area (TPSA) is 189 Å². The first-order valence-electron chi connectivity index (χ1n) is 11.4. The van der Waals surface area contributed by atoms with Crippen molar-refractivity contribution in [2.75, 3.05) is 5.32 Å². The Balaban J connectivity index is 3.03. The predicted molar refractivity (Wildman–Crippen MR) is 127 cm³/mol. The first kappa shape index (κ1) is 30.4. The summed E-state index contributed by atoms with van der Waals surface area (Å²) < 4.78 is 10.6. The van der Waals surface area contributed by atoms with Gasteiger partial charge in [0, 0.05) is 6.42 Å². The number of hydrogen-bond donors (Lipinski definition) is 5. The Morgan fingerprint density at radius 3 is 2.22 bits per heavy atom. The number of carboxylic acid groups (broad SMARTS) is 1. The van der Waals surface area contributed by atoms with E-state index in [2.05, 4.69) is 10.6 Å². The molecule has 5 atom stereocenters. The number of carbonyl (C=O) groups excluding carboxylic acids is 4. The van der Waals surface area contributed by atoms with Crippen molar-refractivity contribution in [3.05, 3.63) is 23.8 Å². The van der Waals surface area contributed by atoms with Crippen LogP contribution in [0.15, 0.2) is 18.2 Å². The number of rotatable bonds is 14. The van der Waals surface area contributed by atoms with Crippen LogP contribution in [0.1, 0.15) is 57.8 Å². The monoisotopic (exact) mass is 510 g/mol. The summed E-state index contributed by atoms with van der Waals surface area (Å²) in [6.07, 6.45) is -3.14. The van der Waals surface area contributed by atoms with Crippen molar-refractivity contribution in [3.8, 4) is 5.75 Å². The van der Waals surface area contributed by atoms with Gasteiger partial charge in [-0.05, 0) is 45.2 Å². The molecule has 2 amide bonds. The molecule has 12 nitrogen and oxygen atoms in total. The molecule has 2 unspecified atom stereocenters. The number of benzene rings is 1. The highest BCUT2D eigenvalue weighted by atomic mass is 16.6. The van der Waals surface area contributed by atoms with Crippen LogP contribution in [0, 0.1) is 11.8 Å². The van der Waals surface area contributed by atoms with Crippen LogP contribution < -0.4 is 10.6 Å². The normalized spacial score (nSPS) is 15.1. The quantitative estimate of drug-likeness (QED) is 0.139. The molecule has 1 rings (SSSR count). The number of anilines is 1. The maximum Gasteiger partial charge on any atom is 0.331 e. The van der Waals surface area contributed by atoms with E-state index in [1.54, 1.807) is 0 Å². The number of hydrogen-bond acceptors (Lipinski definition) is 9. The van der Waals surface area contributed by atoms with Crippen LogP contribution >= 0.6 is 0 Å². The molecule has 1 aromatic rings. The molecule has 0 radical (unpaired) electrons. The summed E-state index contributed by atoms with van der Waals surface area (Å²) in [6, 6.07) is 2.34. The summed E-state index contributed by atoms with van der Waals surface area (Å²) in [4.78, 5) is 59.9. The molecule has 0 fully saturated rings. The van der Waals surface area contributed by atoms with Gasteiger partial charge in [0.2, 0.25) is 6.41 Å². The van der Waals surface area contributed by atoms with Crippen LogP contribution in [-0.2, 0) is 28.7 Å². The third-order valence-electron chi connectivity index (χ3n) is 5.36. The Morgan fingerprint density at radius 1 is 1.06 bits per heavy atom. The summed E-state index contributed by atoms with van der Waals surface area (Å²) in [6.45, 7) is 7.66. The zero-order valence-corrected chi connectivity index (χ0v) is 20.9. The standard InChI is InChI=1S/C24H34N2O10/c1-12(2)9-10-18(29)36-21(13(3)23(32)33)15(5)35-24(34)19(14(4)28)26-22(31)16-7-6-8-17(20(16)30)25-11-27/h6-8,11-15,19,21,28,30H,9-10H2,1-5H3,(H,25,27)(H,26,31)(H,32,33)/t13-,14?,15+,19?,21-/m1/s1. The molecule has 1 aromatic carbocycles. The smallest absolute Gasteiger partial charge is 0.331 e. The van der Waals surface area contributed by atoms with Gasteiger partial charge in [0.15, 0.2) is 17.9 Å². The van der Waals surface area contributed by atoms with Crippen LogP contribution in [0.4, 0.5) is 5.69 Å². The Morgan fingerprint density at radius 2 is 1.69 bits per heavy atom. The molecular formula is C24H34N2O10. The minimum atomic E-state index is -1.61. The summed E-state index contributed by atoms with van der Waals surface area (Å²) in [5.41, 5.74) is -0.336. The third-order valence-corrected chi connectivity index (χ3v) is 5.36. The van der Waals surface area contributed by atoms with Gasteiger partial charge in [-0.2, -0.15) is 0 Å². The van der Waals surface area contributed by atoms with Crippen molar-refractivity contribution in [1.82, 2.24) is 5.32 Å². The highest BCUT2D eigenvalue weighted by molar-refractivity contribution is 6.01. The van der Waals surface area contributed by atoms with E-state index in [0.717, 1.165) is 0 Å². The van der Waals surface area contributed by atoms with Gasteiger partial charge in [-0.25, -0.2) is 4.79 Å². The van der Waals surface area contributed by atoms with Crippen molar-refractivity contribution in [2.24, 2.45) is 11.8 Å². The van der Waals surface area contributed by atoms with Gasteiger partial charge in [0.05, 0.1) is 23.3 Å². The molecule has 5 N–H and O–H groups in total. The Bertz CT molecular complexity index is 947. The van der Waals surface area contributed by atoms with E-state index in [0.29, 0.717) is 12.8 Å². The number of aromatic hydroxyl groups is 1. The molecule has 0 heterocycles. The lowest BCUT2D eigenvalue weighted by atomic mass is 10.00. The first-order chi connectivity index (χ1) is 16.8. The highest BCUT2D eigenvalue weighted by Crippen LogP contribution is 2.27. The second-order valence-corrected chi connectivity index (χ2v) is 8.81. The second kappa shape index (κ2) is 14.0. The maximum atomic E-state index is 12.8. The molecule has 0 saturated heterocycles. The van der Waals surface area contributed by atoms with E-state index in [-0.39, 0.29) is 23.6 Å². The zero-order valence-electron chi connectivity index (χ0n) is 20.9. The number of phenols is 1. The van der Waals surface area contributed by atoms with Gasteiger partial charge in [-0.3, -0.25) is 19.2 Å². The molecule has 0 saturated carbocycles. The van der Waals surface area contributed by atoms with Crippen molar-refractivity contribution in [2.45, 2.75) is 71.8 Å². The van der Waals surface area contributed by atoms with Gasteiger partial charge in [0.1, 0.15) is 6.10 Å². The number of para-hydroxylation sites is 1. The fraction of sp³-hybridized carbons (Fsp3) is 0.542. The predicted octanol–water partition coefficient (Wildman–Crippen LogP) is 1.44. The number of aliphatic hydroxyl groups excluding tert-OH is 1. The number of esters is 2. The number of aliphatic carboxylic acids is 1. The lowest BCUT2D eigenvalue weighted by Crippen LogP contribution is -2.51. The van der Waals surface area contributed by atoms with E-state index in [1.165, 1.54) is 39.0 Å². The van der Waals surface area contributed by atoms with Gasteiger partial charge in [-0.1, -0.05) is 19.9 Å². The average molecular weight is 511 g/mol. The molecule has 200 valence electrons. The maximum absolute atomic E-state index is 12.8. The number of ether oxygens (including phenoxy) is 2. The van der Waals surface area contributed by atoms with Crippen LogP contribution in [0.25, 0.3) is 0 Å². The summed E-state index contributed by atoms with van der Waals surface area (Å²) in [5, 5.41) is 34.2. The number of aliphatic hydroxyl groups is 1. The van der Waals surface area contributed by atoms with Crippen molar-refractivity contribution >= 4 is 35.9 Å². The Kier molecular flexibility index (Phi) is 11.8. The molecule has 0 aliphatic carbocycles. The summed E-state index contributed by atoms with van der Waals surface area (Å²) in [5.74, 6) is -5.56. The molecule has 36 heavy (non-hydrogen) atoms. The van der Waals surface area contributed by atoms with Crippen LogP contribution in [0.3, 0.4) is 0 Å². The molecule has 0 bridgehead atoms. The molecule has 0 aliphatic heterocycles. The van der Waals surface area contributed by atoms with Crippen LogP contribution in [-0.4, -0.2) is 69.9 Å². The number of carboxylic acids is 1. The number of phenolic OH excluding ortho intramolecular Hbond substituents is 1. The first-order valence-corrected chi connectivity index (χ1v) is 11.4. The number of nitrogens with one attached hydrogen (secondary N) is 2. The number of carbonyl (C=O) groups is 5. The van der Waals surface area contributed by atoms with E-state index in [1.807, 2.05) is 13.8 Å². The summed E-state index contributed by atoms with van der Waals surface area (Å²) >= 11 is 0. The lowest BCUT2D eigenvalue weighted by molar-refractivity contribution is -0.177. The van der Waals surface area contributed by atoms with Gasteiger partial charge < -0.3 is 35.4 Å². The second-order valence-electron chi connectivity index (χ2n) is 8.81. The van der Waals surface area contributed by atoms with Crippen LogP contribution in [0.2, 0.25) is 0 Å². The minimum Gasteiger partial charge on any atom is -0.505 e. The van der Waals surface area contributed by atoms with Gasteiger partial charge in [0.25, 0.3) is 5.91 Å². The van der Waals surface area contributed by atoms with E-state index in [9.17, 15) is 39.3 Å². The van der Waals surface area contributed by atoms with Gasteiger partial charge >= 0.3 is 17.9 Å². The van der Waals surface area contributed by atoms with E-state index >= 15 is 0 Å². The SMILES string of the molecule is CC(C)CCC(=O)O[C@@H]([C@H](C)OC(=O)C(NC(=O)c1cccc(NC=O)c1O)C(C)O)[C@@H](C)C(=O)O. The fourth-order valence-corrected chi connectivity index (χ4v) is 3.19. The van der Waals surface area contributed by atoms with Gasteiger partial charge in [-0.15, -0.1) is 0 Å². The van der Waals surface area contributed by atoms with Crippen molar-refractivity contribution in [3.63, 3.8) is 0 Å². The fourth-order valence-electron chi connectivity index (χ4n) is 3.19. The van der Waals surface area contributed by atoms with E-state index < -0.39 is 59.8 Å². The molecule has 0 aromatic heterocycles. The van der Waals surface area contributed by atoms with Crippen molar-refractivity contribution < 1.29 is 48.8 Å². The molecule has 12 heteroatoms. The summed E-state index contributed by atoms with van der Waals surface area (Å²) in [7, 11) is 0. The molecule has 0 spiro atoms. The molecular weight excluding hydrogens is 476 g/mol. The Hall–Kier alpha value is -3.67. The minimum absolute atomic E-state index is 0.0489.